The molecule has 0 aliphatic carbocycles. The molecule has 0 unspecified atom stereocenters. The third-order valence-electron chi connectivity index (χ3n) is 3.20. The first kappa shape index (κ1) is 21.1. The van der Waals surface area contributed by atoms with Crippen LogP contribution in [-0.2, 0) is 6.18 Å². The lowest BCUT2D eigenvalue weighted by atomic mass is 10.1. The molecule has 0 saturated heterocycles. The number of carboxylic acid groups (broad SMARTS) is 1. The van der Waals surface area contributed by atoms with Crippen LogP contribution in [0, 0.1) is 5.82 Å². The van der Waals surface area contributed by atoms with Gasteiger partial charge in [0.2, 0.25) is 0 Å². The summed E-state index contributed by atoms with van der Waals surface area (Å²) in [5, 5.41) is 9.08. The summed E-state index contributed by atoms with van der Waals surface area (Å²) in [6.45, 7) is 0. The number of hydrogen-bond donors (Lipinski definition) is 1. The van der Waals surface area contributed by atoms with E-state index < -0.39 is 52.7 Å². The van der Waals surface area contributed by atoms with E-state index in [4.69, 9.17) is 9.84 Å². The predicted molar refractivity (Wildman–Crippen MR) is 78.1 cm³/mol. The molecule has 0 aliphatic rings. The molecule has 0 aliphatic heterocycles. The topological polar surface area (TPSA) is 65.0 Å². The van der Waals surface area contributed by atoms with Crippen molar-refractivity contribution in [2.45, 2.75) is 12.5 Å². The Kier molecular flexibility index (Phi) is 5.62. The number of carbonyl (C=O) groups is 1. The maximum absolute atomic E-state index is 14.3. The number of carboxylic acids is 1. The van der Waals surface area contributed by atoms with Gasteiger partial charge in [-0.3, -0.25) is 0 Å². The van der Waals surface area contributed by atoms with Gasteiger partial charge in [-0.1, -0.05) is 0 Å². The molecule has 5 nitrogen and oxygen atoms in total. The van der Waals surface area contributed by atoms with E-state index in [1.807, 2.05) is 0 Å². The van der Waals surface area contributed by atoms with Crippen LogP contribution < -0.4 is 14.2 Å². The lowest BCUT2D eigenvalue weighted by Gasteiger charge is -2.17. The minimum absolute atomic E-state index is 0.293. The van der Waals surface area contributed by atoms with Gasteiger partial charge in [-0.25, -0.2) is 9.18 Å². The highest BCUT2D eigenvalue weighted by atomic mass is 19.4. The average Bonchev–Trinajstić information content (AvgIpc) is 2.53. The molecule has 0 bridgehead atoms. The molecule has 12 heteroatoms. The van der Waals surface area contributed by atoms with Crippen LogP contribution in [-0.4, -0.2) is 24.5 Å². The molecule has 2 aromatic rings. The van der Waals surface area contributed by atoms with E-state index in [2.05, 4.69) is 9.47 Å². The first-order valence-electron chi connectivity index (χ1n) is 7.08. The number of halogens is 7. The van der Waals surface area contributed by atoms with E-state index in [1.165, 1.54) is 0 Å². The summed E-state index contributed by atoms with van der Waals surface area (Å²) < 4.78 is 103. The number of methoxy groups -OCH3 is 1. The third kappa shape index (κ3) is 4.75. The Morgan fingerprint density at radius 2 is 1.50 bits per heavy atom. The second-order valence-electron chi connectivity index (χ2n) is 5.07. The number of alkyl halides is 6. The van der Waals surface area contributed by atoms with Gasteiger partial charge in [0.05, 0.1) is 7.11 Å². The molecule has 0 atom stereocenters. The van der Waals surface area contributed by atoms with Gasteiger partial charge < -0.3 is 19.3 Å². The lowest BCUT2D eigenvalue weighted by molar-refractivity contribution is -0.274. The summed E-state index contributed by atoms with van der Waals surface area (Å²) in [4.78, 5) is 11.2. The largest absolute Gasteiger partial charge is 0.573 e. The van der Waals surface area contributed by atoms with E-state index in [0.29, 0.717) is 6.07 Å². The standard InChI is InChI=1S/C16H9F7O5/c1-26-10-6-9(11(14(24)25)13(17)12(10)15(18,19)20)27-7-2-4-8(5-3-7)28-16(21,22)23/h2-6H,1H3,(H,24,25). The Bertz CT molecular complexity index is 873. The smallest absolute Gasteiger partial charge is 0.496 e. The fourth-order valence-electron chi connectivity index (χ4n) is 2.15. The van der Waals surface area contributed by atoms with Crippen molar-refractivity contribution in [2.75, 3.05) is 7.11 Å². The zero-order valence-electron chi connectivity index (χ0n) is 13.6. The van der Waals surface area contributed by atoms with Gasteiger partial charge in [0.15, 0.2) is 5.82 Å². The van der Waals surface area contributed by atoms with Gasteiger partial charge in [-0.05, 0) is 24.3 Å². The van der Waals surface area contributed by atoms with E-state index in [0.717, 1.165) is 31.4 Å². The van der Waals surface area contributed by atoms with Crippen LogP contribution in [0.4, 0.5) is 30.7 Å². The molecule has 1 N–H and O–H groups in total. The van der Waals surface area contributed by atoms with Crippen LogP contribution >= 0.6 is 0 Å². The van der Waals surface area contributed by atoms with Gasteiger partial charge in [0.25, 0.3) is 0 Å². The molecule has 0 saturated carbocycles. The highest BCUT2D eigenvalue weighted by Gasteiger charge is 2.41. The van der Waals surface area contributed by atoms with Gasteiger partial charge in [-0.15, -0.1) is 13.2 Å². The number of ether oxygens (including phenoxy) is 3. The second kappa shape index (κ2) is 7.44. The Morgan fingerprint density at radius 1 is 0.964 bits per heavy atom. The highest BCUT2D eigenvalue weighted by Crippen LogP contribution is 2.43. The van der Waals surface area contributed by atoms with Crippen LogP contribution in [0.1, 0.15) is 15.9 Å². The van der Waals surface area contributed by atoms with Crippen molar-refractivity contribution < 1.29 is 54.8 Å². The zero-order chi connectivity index (χ0) is 21.3. The third-order valence-corrected chi connectivity index (χ3v) is 3.20. The minimum Gasteiger partial charge on any atom is -0.496 e. The summed E-state index contributed by atoms with van der Waals surface area (Å²) in [6.07, 6.45) is -10.2. The number of benzene rings is 2. The van der Waals surface area contributed by atoms with E-state index >= 15 is 0 Å². The fraction of sp³-hybridized carbons (Fsp3) is 0.188. The highest BCUT2D eigenvalue weighted by molar-refractivity contribution is 5.92. The van der Waals surface area contributed by atoms with E-state index in [9.17, 15) is 35.5 Å². The summed E-state index contributed by atoms with van der Waals surface area (Å²) in [5.41, 5.74) is -3.36. The van der Waals surface area contributed by atoms with Crippen LogP contribution in [0.3, 0.4) is 0 Å². The molecule has 0 amide bonds. The van der Waals surface area contributed by atoms with Gasteiger partial charge in [-0.2, -0.15) is 13.2 Å². The summed E-state index contributed by atoms with van der Waals surface area (Å²) in [6, 6.07) is 3.95. The van der Waals surface area contributed by atoms with Crippen molar-refractivity contribution >= 4 is 5.97 Å². The van der Waals surface area contributed by atoms with Crippen LogP contribution in [0.25, 0.3) is 0 Å². The molecular weight excluding hydrogens is 405 g/mol. The molecule has 0 spiro atoms. The molecule has 2 aromatic carbocycles. The first-order valence-corrected chi connectivity index (χ1v) is 7.08. The molecule has 0 heterocycles. The predicted octanol–water partition coefficient (Wildman–Crippen LogP) is 5.24. The average molecular weight is 414 g/mol. The number of aromatic carboxylic acids is 1. The first-order chi connectivity index (χ1) is 12.8. The summed E-state index contributed by atoms with van der Waals surface area (Å²) in [7, 11) is 0.803. The number of rotatable bonds is 5. The van der Waals surface area contributed by atoms with Crippen LogP contribution in [0.2, 0.25) is 0 Å². The summed E-state index contributed by atoms with van der Waals surface area (Å²) in [5.74, 6) is -7.00. The SMILES string of the molecule is COc1cc(Oc2ccc(OC(F)(F)F)cc2)c(C(=O)O)c(F)c1C(F)(F)F. The Hall–Kier alpha value is -3.18. The summed E-state index contributed by atoms with van der Waals surface area (Å²) >= 11 is 0. The van der Waals surface area contributed by atoms with Crippen LogP contribution in [0.15, 0.2) is 30.3 Å². The lowest BCUT2D eigenvalue weighted by Crippen LogP contribution is -2.17. The van der Waals surface area contributed by atoms with Gasteiger partial charge in [0, 0.05) is 6.07 Å². The maximum atomic E-state index is 14.3. The van der Waals surface area contributed by atoms with E-state index in [1.54, 1.807) is 0 Å². The molecule has 28 heavy (non-hydrogen) atoms. The zero-order valence-corrected chi connectivity index (χ0v) is 13.6. The molecular formula is C16H9F7O5. The van der Waals surface area contributed by atoms with Gasteiger partial charge >= 0.3 is 18.5 Å². The monoisotopic (exact) mass is 414 g/mol. The van der Waals surface area contributed by atoms with Crippen molar-refractivity contribution in [3.8, 4) is 23.0 Å². The van der Waals surface area contributed by atoms with Gasteiger partial charge in [0.1, 0.15) is 34.1 Å². The van der Waals surface area contributed by atoms with Crippen molar-refractivity contribution in [2.24, 2.45) is 0 Å². The van der Waals surface area contributed by atoms with E-state index in [-0.39, 0.29) is 5.75 Å². The number of hydrogen-bond acceptors (Lipinski definition) is 4. The maximum Gasteiger partial charge on any atom is 0.573 e. The van der Waals surface area contributed by atoms with Crippen molar-refractivity contribution in [3.05, 3.63) is 47.3 Å². The molecule has 152 valence electrons. The Labute approximate surface area is 151 Å². The van der Waals surface area contributed by atoms with Crippen LogP contribution in [0.5, 0.6) is 23.0 Å². The van der Waals surface area contributed by atoms with Crippen molar-refractivity contribution in [1.82, 2.24) is 0 Å². The molecule has 2 rings (SSSR count). The Balaban J connectivity index is 2.48. The molecule has 0 fully saturated rings. The molecule has 0 radical (unpaired) electrons. The minimum atomic E-state index is -5.26. The normalized spacial score (nSPS) is 11.9. The van der Waals surface area contributed by atoms with Crippen molar-refractivity contribution in [1.29, 1.82) is 0 Å². The second-order valence-corrected chi connectivity index (χ2v) is 5.07. The Morgan fingerprint density at radius 3 is 1.93 bits per heavy atom. The molecule has 0 aromatic heterocycles. The quantitative estimate of drug-likeness (QED) is 0.678. The van der Waals surface area contributed by atoms with Crippen molar-refractivity contribution in [3.63, 3.8) is 0 Å². The fourth-order valence-corrected chi connectivity index (χ4v) is 2.15.